The second-order valence-electron chi connectivity index (χ2n) is 4.63. The van der Waals surface area contributed by atoms with Crippen LogP contribution in [0.4, 0.5) is 0 Å². The van der Waals surface area contributed by atoms with E-state index in [1.807, 2.05) is 29.8 Å². The molecule has 0 saturated heterocycles. The van der Waals surface area contributed by atoms with Gasteiger partial charge < -0.3 is 18.9 Å². The van der Waals surface area contributed by atoms with Crippen LogP contribution in [0, 0.1) is 6.92 Å². The van der Waals surface area contributed by atoms with Crippen molar-refractivity contribution in [3.63, 3.8) is 0 Å². The molecule has 0 aliphatic carbocycles. The Labute approximate surface area is 121 Å². The van der Waals surface area contributed by atoms with Crippen molar-refractivity contribution < 1.29 is 13.9 Å². The molecule has 108 valence electrons. The second-order valence-corrected chi connectivity index (χ2v) is 4.63. The first-order chi connectivity index (χ1) is 10.2. The number of nitrogens with zero attached hydrogens (tertiary/aromatic N) is 2. The summed E-state index contributed by atoms with van der Waals surface area (Å²) in [7, 11) is 0. The largest absolute Gasteiger partial charge is 0.480 e. The number of imidazole rings is 1. The normalized spacial score (nSPS) is 10.7. The van der Waals surface area contributed by atoms with Gasteiger partial charge in [0.05, 0.1) is 18.5 Å². The number of ether oxygens (including phenoxy) is 1. The van der Waals surface area contributed by atoms with E-state index in [1.54, 1.807) is 24.5 Å². The molecule has 0 aliphatic rings. The van der Waals surface area contributed by atoms with Crippen molar-refractivity contribution in [2.45, 2.75) is 13.5 Å². The van der Waals surface area contributed by atoms with E-state index >= 15 is 0 Å². The summed E-state index contributed by atoms with van der Waals surface area (Å²) in [6.07, 6.45) is 5.36. The number of aryl methyl sites for hydroxylation is 1. The molecule has 0 fully saturated rings. The van der Waals surface area contributed by atoms with Gasteiger partial charge in [0, 0.05) is 12.4 Å². The van der Waals surface area contributed by atoms with Crippen LogP contribution in [-0.2, 0) is 11.3 Å². The zero-order valence-corrected chi connectivity index (χ0v) is 11.6. The number of nitrogens with one attached hydrogen (secondary N) is 1. The molecule has 0 radical (unpaired) electrons. The third-order valence-corrected chi connectivity index (χ3v) is 2.97. The number of hydrogen-bond acceptors (Lipinski definition) is 4. The van der Waals surface area contributed by atoms with E-state index in [9.17, 15) is 4.79 Å². The first-order valence-corrected chi connectivity index (χ1v) is 6.58. The molecule has 1 amide bonds. The third-order valence-electron chi connectivity index (χ3n) is 2.97. The third kappa shape index (κ3) is 3.05. The molecular weight excluding hydrogens is 270 g/mol. The van der Waals surface area contributed by atoms with Crippen LogP contribution in [0.15, 0.2) is 47.3 Å². The lowest BCUT2D eigenvalue weighted by Crippen LogP contribution is -2.28. The van der Waals surface area contributed by atoms with Gasteiger partial charge in [0.2, 0.25) is 0 Å². The first kappa shape index (κ1) is 13.2. The van der Waals surface area contributed by atoms with Crippen LogP contribution < -0.4 is 10.1 Å². The van der Waals surface area contributed by atoms with Crippen LogP contribution in [0.3, 0.4) is 0 Å². The molecule has 3 rings (SSSR count). The maximum Gasteiger partial charge on any atom is 0.258 e. The molecule has 0 bridgehead atoms. The fraction of sp³-hybridized carbons (Fsp3) is 0.200. The van der Waals surface area contributed by atoms with Crippen LogP contribution in [0.2, 0.25) is 0 Å². The van der Waals surface area contributed by atoms with Gasteiger partial charge in [-0.15, -0.1) is 0 Å². The van der Waals surface area contributed by atoms with Gasteiger partial charge >= 0.3 is 0 Å². The van der Waals surface area contributed by atoms with Crippen molar-refractivity contribution in [1.29, 1.82) is 0 Å². The minimum Gasteiger partial charge on any atom is -0.480 e. The number of aromatic nitrogens is 2. The minimum absolute atomic E-state index is 0.0632. The van der Waals surface area contributed by atoms with Gasteiger partial charge in [0.25, 0.3) is 5.91 Å². The van der Waals surface area contributed by atoms with Crippen LogP contribution in [0.1, 0.15) is 11.5 Å². The molecule has 6 nitrogen and oxygen atoms in total. The highest BCUT2D eigenvalue weighted by Crippen LogP contribution is 2.18. The van der Waals surface area contributed by atoms with Gasteiger partial charge in [0.15, 0.2) is 18.0 Å². The van der Waals surface area contributed by atoms with Gasteiger partial charge in [-0.05, 0) is 31.2 Å². The molecule has 3 aromatic heterocycles. The molecule has 0 aliphatic heterocycles. The van der Waals surface area contributed by atoms with E-state index in [-0.39, 0.29) is 12.5 Å². The maximum atomic E-state index is 11.7. The highest BCUT2D eigenvalue weighted by Gasteiger charge is 2.08. The minimum atomic E-state index is -0.211. The van der Waals surface area contributed by atoms with E-state index in [4.69, 9.17) is 9.15 Å². The van der Waals surface area contributed by atoms with Crippen molar-refractivity contribution in [3.8, 4) is 5.75 Å². The highest BCUT2D eigenvalue weighted by molar-refractivity contribution is 5.77. The Kier molecular flexibility index (Phi) is 3.59. The molecule has 0 spiro atoms. The van der Waals surface area contributed by atoms with Crippen LogP contribution in [0.5, 0.6) is 5.75 Å². The molecule has 1 N–H and O–H groups in total. The van der Waals surface area contributed by atoms with Gasteiger partial charge in [-0.25, -0.2) is 4.98 Å². The summed E-state index contributed by atoms with van der Waals surface area (Å²) in [5, 5.41) is 2.72. The Morgan fingerprint density at radius 3 is 3.14 bits per heavy atom. The summed E-state index contributed by atoms with van der Waals surface area (Å²) < 4.78 is 12.5. The first-order valence-electron chi connectivity index (χ1n) is 6.58. The van der Waals surface area contributed by atoms with Crippen molar-refractivity contribution in [3.05, 3.63) is 54.4 Å². The number of furan rings is 1. The smallest absolute Gasteiger partial charge is 0.258 e. The lowest BCUT2D eigenvalue weighted by Gasteiger charge is -2.07. The zero-order chi connectivity index (χ0) is 14.7. The van der Waals surface area contributed by atoms with Crippen LogP contribution >= 0.6 is 0 Å². The molecule has 6 heteroatoms. The molecule has 0 aromatic carbocycles. The Balaban J connectivity index is 1.59. The summed E-state index contributed by atoms with van der Waals surface area (Å²) in [6.45, 7) is 2.20. The number of carbonyl (C=O) groups excluding carboxylic acids is 1. The topological polar surface area (TPSA) is 68.8 Å². The average molecular weight is 285 g/mol. The van der Waals surface area contributed by atoms with E-state index in [1.165, 1.54) is 0 Å². The lowest BCUT2D eigenvalue weighted by atomic mass is 10.4. The van der Waals surface area contributed by atoms with Gasteiger partial charge in [-0.1, -0.05) is 0 Å². The summed E-state index contributed by atoms with van der Waals surface area (Å²) in [4.78, 5) is 16.1. The van der Waals surface area contributed by atoms with Gasteiger partial charge in [-0.3, -0.25) is 4.79 Å². The summed E-state index contributed by atoms with van der Waals surface area (Å²) in [6, 6.07) is 7.22. The van der Waals surface area contributed by atoms with E-state index in [0.29, 0.717) is 23.7 Å². The fourth-order valence-electron chi connectivity index (χ4n) is 2.02. The fourth-order valence-corrected chi connectivity index (χ4v) is 2.02. The number of hydrogen-bond donors (Lipinski definition) is 1. The molecular formula is C15H15N3O3. The van der Waals surface area contributed by atoms with Gasteiger partial charge in [-0.2, -0.15) is 0 Å². The van der Waals surface area contributed by atoms with Crippen molar-refractivity contribution in [1.82, 2.24) is 14.7 Å². The number of pyridine rings is 1. The number of rotatable bonds is 5. The van der Waals surface area contributed by atoms with Crippen molar-refractivity contribution in [2.24, 2.45) is 0 Å². The molecule has 3 aromatic rings. The Hall–Kier alpha value is -2.76. The predicted molar refractivity (Wildman–Crippen MR) is 76.0 cm³/mol. The average Bonchev–Trinajstić information content (AvgIpc) is 3.10. The van der Waals surface area contributed by atoms with E-state index < -0.39 is 0 Å². The Morgan fingerprint density at radius 1 is 1.43 bits per heavy atom. The van der Waals surface area contributed by atoms with E-state index in [0.717, 1.165) is 5.69 Å². The summed E-state index contributed by atoms with van der Waals surface area (Å²) in [5.74, 6) is 1.07. The molecule has 0 atom stereocenters. The lowest BCUT2D eigenvalue weighted by molar-refractivity contribution is -0.123. The number of carbonyl (C=O) groups is 1. The number of amides is 1. The zero-order valence-electron chi connectivity index (χ0n) is 11.6. The second kappa shape index (κ2) is 5.70. The van der Waals surface area contributed by atoms with Crippen molar-refractivity contribution in [2.75, 3.05) is 6.61 Å². The molecule has 0 saturated carbocycles. The van der Waals surface area contributed by atoms with Crippen LogP contribution in [-0.4, -0.2) is 21.9 Å². The molecule has 3 heterocycles. The highest BCUT2D eigenvalue weighted by atomic mass is 16.5. The van der Waals surface area contributed by atoms with Crippen molar-refractivity contribution >= 4 is 11.6 Å². The monoisotopic (exact) mass is 285 g/mol. The van der Waals surface area contributed by atoms with E-state index in [2.05, 4.69) is 10.3 Å². The maximum absolute atomic E-state index is 11.7. The SMILES string of the molecule is Cc1cn2cccc(OCC(=O)NCc3ccco3)c2n1. The summed E-state index contributed by atoms with van der Waals surface area (Å²) >= 11 is 0. The molecule has 21 heavy (non-hydrogen) atoms. The molecule has 0 unspecified atom stereocenters. The Morgan fingerprint density at radius 2 is 2.33 bits per heavy atom. The summed E-state index contributed by atoms with van der Waals surface area (Å²) in [5.41, 5.74) is 1.60. The predicted octanol–water partition coefficient (Wildman–Crippen LogP) is 1.93. The Bertz CT molecular complexity index is 747. The standard InChI is InChI=1S/C15H15N3O3/c1-11-9-18-6-2-5-13(15(18)17-11)21-10-14(19)16-8-12-4-3-7-20-12/h2-7,9H,8,10H2,1H3,(H,16,19). The van der Waals surface area contributed by atoms with Gasteiger partial charge in [0.1, 0.15) is 5.76 Å². The van der Waals surface area contributed by atoms with Crippen LogP contribution in [0.25, 0.3) is 5.65 Å². The quantitative estimate of drug-likeness (QED) is 0.777. The number of fused-ring (bicyclic) bond motifs is 1.